The van der Waals surface area contributed by atoms with Gasteiger partial charge in [0.25, 0.3) is 0 Å². The van der Waals surface area contributed by atoms with E-state index in [1.54, 1.807) is 6.20 Å². The zero-order valence-electron chi connectivity index (χ0n) is 11.9. The molecule has 2 aromatic rings. The van der Waals surface area contributed by atoms with E-state index in [1.807, 2.05) is 18.3 Å². The van der Waals surface area contributed by atoms with E-state index in [4.69, 9.17) is 4.74 Å². The number of rotatable bonds is 7. The fraction of sp³-hybridized carbons (Fsp3) is 0.353. The largest absolute Gasteiger partial charge is 0.493 e. The van der Waals surface area contributed by atoms with Crippen LogP contribution in [0, 0.1) is 0 Å². The molecule has 1 aliphatic rings. The van der Waals surface area contributed by atoms with Crippen LogP contribution in [0.4, 0.5) is 0 Å². The first-order chi connectivity index (χ1) is 10.3. The summed E-state index contributed by atoms with van der Waals surface area (Å²) in [7, 11) is 0. The number of nitrogens with one attached hydrogen (secondary N) is 1. The first kappa shape index (κ1) is 14.5. The highest BCUT2D eigenvalue weighted by Crippen LogP contribution is 2.25. The average Bonchev–Trinajstić information content (AvgIpc) is 3.33. The molecule has 1 aromatic carbocycles. The molecule has 0 bridgehead atoms. The normalized spacial score (nSPS) is 14.1. The Bertz CT molecular complexity index is 585. The summed E-state index contributed by atoms with van der Waals surface area (Å²) in [5.74, 6) is 0.926. The Labute approximate surface area is 133 Å². The van der Waals surface area contributed by atoms with Crippen LogP contribution in [-0.2, 0) is 13.0 Å². The highest BCUT2D eigenvalue weighted by Gasteiger charge is 2.20. The van der Waals surface area contributed by atoms with Gasteiger partial charge in [0.2, 0.25) is 0 Å². The van der Waals surface area contributed by atoms with Gasteiger partial charge in [-0.05, 0) is 48.2 Å². The van der Waals surface area contributed by atoms with Crippen molar-refractivity contribution in [3.8, 4) is 5.75 Å². The molecule has 3 rings (SSSR count). The first-order valence-corrected chi connectivity index (χ1v) is 8.14. The minimum Gasteiger partial charge on any atom is -0.493 e. The van der Waals surface area contributed by atoms with Crippen molar-refractivity contribution in [2.24, 2.45) is 0 Å². The predicted molar refractivity (Wildman–Crippen MR) is 87.4 cm³/mol. The topological polar surface area (TPSA) is 34.1 Å². The smallest absolute Gasteiger partial charge is 0.119 e. The van der Waals surface area contributed by atoms with Gasteiger partial charge < -0.3 is 10.1 Å². The molecule has 0 aliphatic heterocycles. The van der Waals surface area contributed by atoms with E-state index in [2.05, 4.69) is 44.4 Å². The molecular formula is C17H19BrN2O. The lowest BCUT2D eigenvalue weighted by molar-refractivity contribution is 0.321. The van der Waals surface area contributed by atoms with Crippen molar-refractivity contribution in [1.82, 2.24) is 10.3 Å². The zero-order valence-corrected chi connectivity index (χ0v) is 13.5. The molecule has 0 atom stereocenters. The van der Waals surface area contributed by atoms with Gasteiger partial charge in [-0.1, -0.05) is 22.0 Å². The molecule has 0 spiro atoms. The van der Waals surface area contributed by atoms with E-state index in [1.165, 1.54) is 24.0 Å². The minimum absolute atomic E-state index is 0.669. The van der Waals surface area contributed by atoms with Crippen molar-refractivity contribution in [1.29, 1.82) is 0 Å². The Balaban J connectivity index is 1.53. The second-order valence-corrected chi connectivity index (χ2v) is 6.22. The van der Waals surface area contributed by atoms with Gasteiger partial charge in [0, 0.05) is 35.9 Å². The Morgan fingerprint density at radius 2 is 2.19 bits per heavy atom. The summed E-state index contributed by atoms with van der Waals surface area (Å²) in [5, 5.41) is 3.53. The van der Waals surface area contributed by atoms with Crippen LogP contribution in [0.3, 0.4) is 0 Å². The number of ether oxygens (including phenoxy) is 1. The molecule has 1 aliphatic carbocycles. The summed E-state index contributed by atoms with van der Waals surface area (Å²) in [4.78, 5) is 4.11. The third kappa shape index (κ3) is 4.55. The van der Waals surface area contributed by atoms with Crippen LogP contribution < -0.4 is 10.1 Å². The average molecular weight is 347 g/mol. The van der Waals surface area contributed by atoms with Crippen LogP contribution in [0.15, 0.2) is 47.2 Å². The Morgan fingerprint density at radius 1 is 1.29 bits per heavy atom. The van der Waals surface area contributed by atoms with Crippen molar-refractivity contribution in [3.63, 3.8) is 0 Å². The number of nitrogens with zero attached hydrogens (tertiary/aromatic N) is 1. The van der Waals surface area contributed by atoms with Crippen LogP contribution in [-0.4, -0.2) is 17.6 Å². The van der Waals surface area contributed by atoms with Gasteiger partial charge in [0.15, 0.2) is 0 Å². The number of pyridine rings is 1. The minimum atomic E-state index is 0.669. The third-order valence-corrected chi connectivity index (χ3v) is 4.33. The molecule has 1 aromatic heterocycles. The summed E-state index contributed by atoms with van der Waals surface area (Å²) in [5.41, 5.74) is 2.45. The first-order valence-electron chi connectivity index (χ1n) is 7.35. The van der Waals surface area contributed by atoms with Crippen LogP contribution in [0.5, 0.6) is 5.75 Å². The standard InChI is InChI=1S/C17H19BrN2O/c18-17-6-5-16(10-14(17)12-20-15-3-4-15)21-9-7-13-2-1-8-19-11-13/h1-2,5-6,8,10-11,15,20H,3-4,7,9,12H2. The summed E-state index contributed by atoms with van der Waals surface area (Å²) >= 11 is 3.60. The second-order valence-electron chi connectivity index (χ2n) is 5.37. The molecule has 110 valence electrons. The summed E-state index contributed by atoms with van der Waals surface area (Å²) in [6.45, 7) is 1.56. The number of aromatic nitrogens is 1. The molecule has 0 radical (unpaired) electrons. The molecule has 21 heavy (non-hydrogen) atoms. The molecule has 1 N–H and O–H groups in total. The maximum Gasteiger partial charge on any atom is 0.119 e. The molecular weight excluding hydrogens is 328 g/mol. The third-order valence-electron chi connectivity index (χ3n) is 3.56. The van der Waals surface area contributed by atoms with Crippen LogP contribution in [0.1, 0.15) is 24.0 Å². The molecule has 0 saturated heterocycles. The van der Waals surface area contributed by atoms with Crippen LogP contribution in [0.2, 0.25) is 0 Å². The number of benzene rings is 1. The fourth-order valence-electron chi connectivity index (χ4n) is 2.15. The van der Waals surface area contributed by atoms with E-state index in [9.17, 15) is 0 Å². The lowest BCUT2D eigenvalue weighted by Crippen LogP contribution is -2.15. The van der Waals surface area contributed by atoms with Crippen molar-refractivity contribution in [2.75, 3.05) is 6.61 Å². The van der Waals surface area contributed by atoms with Gasteiger partial charge in [0.05, 0.1) is 6.61 Å². The lowest BCUT2D eigenvalue weighted by atomic mass is 10.2. The van der Waals surface area contributed by atoms with E-state index in [0.29, 0.717) is 12.6 Å². The number of hydrogen-bond donors (Lipinski definition) is 1. The second kappa shape index (κ2) is 7.05. The SMILES string of the molecule is Brc1ccc(OCCc2cccnc2)cc1CNC1CC1. The van der Waals surface area contributed by atoms with Crippen molar-refractivity contribution < 1.29 is 4.74 Å². The van der Waals surface area contributed by atoms with E-state index >= 15 is 0 Å². The van der Waals surface area contributed by atoms with Crippen LogP contribution in [0.25, 0.3) is 0 Å². The molecule has 0 unspecified atom stereocenters. The highest BCUT2D eigenvalue weighted by atomic mass is 79.9. The molecule has 1 saturated carbocycles. The summed E-state index contributed by atoms with van der Waals surface area (Å²) in [6, 6.07) is 10.9. The molecule has 3 nitrogen and oxygen atoms in total. The summed E-state index contributed by atoms with van der Waals surface area (Å²) < 4.78 is 6.99. The predicted octanol–water partition coefficient (Wildman–Crippen LogP) is 3.72. The Morgan fingerprint density at radius 3 is 2.95 bits per heavy atom. The highest BCUT2D eigenvalue weighted by molar-refractivity contribution is 9.10. The van der Waals surface area contributed by atoms with Gasteiger partial charge in [-0.25, -0.2) is 0 Å². The summed E-state index contributed by atoms with van der Waals surface area (Å²) in [6.07, 6.45) is 7.16. The van der Waals surface area contributed by atoms with E-state index < -0.39 is 0 Å². The van der Waals surface area contributed by atoms with Crippen molar-refractivity contribution in [2.45, 2.75) is 31.8 Å². The Kier molecular flexibility index (Phi) is 4.88. The quantitative estimate of drug-likeness (QED) is 0.829. The monoisotopic (exact) mass is 346 g/mol. The van der Waals surface area contributed by atoms with Crippen molar-refractivity contribution >= 4 is 15.9 Å². The van der Waals surface area contributed by atoms with Gasteiger partial charge in [0.1, 0.15) is 5.75 Å². The van der Waals surface area contributed by atoms with Gasteiger partial charge in [-0.15, -0.1) is 0 Å². The van der Waals surface area contributed by atoms with E-state index in [0.717, 1.165) is 23.2 Å². The van der Waals surface area contributed by atoms with Gasteiger partial charge in [-0.3, -0.25) is 4.98 Å². The van der Waals surface area contributed by atoms with Gasteiger partial charge >= 0.3 is 0 Å². The fourth-order valence-corrected chi connectivity index (χ4v) is 2.54. The molecule has 1 fully saturated rings. The zero-order chi connectivity index (χ0) is 14.5. The molecule has 1 heterocycles. The maximum absolute atomic E-state index is 5.85. The van der Waals surface area contributed by atoms with Gasteiger partial charge in [-0.2, -0.15) is 0 Å². The number of hydrogen-bond acceptors (Lipinski definition) is 3. The molecule has 4 heteroatoms. The molecule has 0 amide bonds. The number of halogens is 1. The van der Waals surface area contributed by atoms with Crippen molar-refractivity contribution in [3.05, 3.63) is 58.3 Å². The van der Waals surface area contributed by atoms with E-state index in [-0.39, 0.29) is 0 Å². The lowest BCUT2D eigenvalue weighted by Gasteiger charge is -2.10. The van der Waals surface area contributed by atoms with Crippen LogP contribution >= 0.6 is 15.9 Å². The maximum atomic E-state index is 5.85. The Hall–Kier alpha value is -1.39.